The predicted octanol–water partition coefficient (Wildman–Crippen LogP) is 2.41. The number of H-pyrrole nitrogens is 1. The van der Waals surface area contributed by atoms with Crippen molar-refractivity contribution in [2.24, 2.45) is 5.92 Å². The fourth-order valence-corrected chi connectivity index (χ4v) is 4.02. The van der Waals surface area contributed by atoms with Gasteiger partial charge in [0.05, 0.1) is 12.4 Å². The van der Waals surface area contributed by atoms with Crippen molar-refractivity contribution in [3.63, 3.8) is 0 Å². The number of amides is 3. The molecular formula is C29H35N5O6. The van der Waals surface area contributed by atoms with Crippen molar-refractivity contribution in [1.82, 2.24) is 25.9 Å². The van der Waals surface area contributed by atoms with Gasteiger partial charge in [-0.3, -0.25) is 9.59 Å². The van der Waals surface area contributed by atoms with Gasteiger partial charge >= 0.3 is 6.09 Å². The molecule has 0 saturated heterocycles. The Hall–Kier alpha value is -4.67. The first-order chi connectivity index (χ1) is 19.2. The van der Waals surface area contributed by atoms with Crippen LogP contribution in [0.1, 0.15) is 37.1 Å². The average molecular weight is 550 g/mol. The number of hydrogen-bond acceptors (Lipinski definition) is 7. The molecule has 1 aromatic heterocycles. The number of rotatable bonds is 14. The molecule has 0 unspecified atom stereocenters. The molecule has 2 aromatic carbocycles. The minimum Gasteiger partial charge on any atom is -0.508 e. The highest BCUT2D eigenvalue weighted by atomic mass is 16.5. The lowest BCUT2D eigenvalue weighted by atomic mass is 10.0. The van der Waals surface area contributed by atoms with Crippen LogP contribution in [0.15, 0.2) is 67.1 Å². The van der Waals surface area contributed by atoms with E-state index in [1.54, 1.807) is 24.3 Å². The van der Waals surface area contributed by atoms with Crippen LogP contribution in [-0.4, -0.2) is 57.4 Å². The number of aromatic nitrogens is 2. The summed E-state index contributed by atoms with van der Waals surface area (Å²) < 4.78 is 5.31. The van der Waals surface area contributed by atoms with Crippen LogP contribution in [0.25, 0.3) is 0 Å². The second-order valence-corrected chi connectivity index (χ2v) is 9.85. The molecule has 0 radical (unpaired) electrons. The predicted molar refractivity (Wildman–Crippen MR) is 147 cm³/mol. The van der Waals surface area contributed by atoms with Gasteiger partial charge in [0.25, 0.3) is 0 Å². The number of nitrogens with one attached hydrogen (secondary N) is 4. The molecule has 11 nitrogen and oxygen atoms in total. The van der Waals surface area contributed by atoms with E-state index in [0.717, 1.165) is 5.56 Å². The standard InChI is InChI=1S/C29H35N5O6/c1-19(2)12-23(16-35)32-27(37)26(14-22-15-30-18-31-22)33-28(38)25(13-20-8-10-24(36)11-9-20)34-29(39)40-17-21-6-4-3-5-7-21/h3-11,15-16,18-19,23,25-26,36H,12-14,17H2,1-2H3,(H,30,31)(H,32,37)(H,33,38)(H,34,39)/t23-,25-,26-/m0/s1. The molecule has 11 heteroatoms. The van der Waals surface area contributed by atoms with Gasteiger partial charge in [-0.25, -0.2) is 9.78 Å². The molecule has 5 N–H and O–H groups in total. The summed E-state index contributed by atoms with van der Waals surface area (Å²) in [4.78, 5) is 57.8. The molecule has 212 valence electrons. The van der Waals surface area contributed by atoms with Gasteiger partial charge in [-0.1, -0.05) is 56.3 Å². The summed E-state index contributed by atoms with van der Waals surface area (Å²) in [5.41, 5.74) is 2.03. The number of ether oxygens (including phenoxy) is 1. The van der Waals surface area contributed by atoms with Gasteiger partial charge in [0.1, 0.15) is 30.7 Å². The molecule has 3 atom stereocenters. The summed E-state index contributed by atoms with van der Waals surface area (Å²) in [6, 6.07) is 12.4. The highest BCUT2D eigenvalue weighted by molar-refractivity contribution is 5.92. The quantitative estimate of drug-likeness (QED) is 0.193. The molecule has 3 rings (SSSR count). The van der Waals surface area contributed by atoms with Gasteiger partial charge in [-0.15, -0.1) is 0 Å². The van der Waals surface area contributed by atoms with Crippen molar-refractivity contribution in [1.29, 1.82) is 0 Å². The first-order valence-corrected chi connectivity index (χ1v) is 13.0. The van der Waals surface area contributed by atoms with E-state index in [2.05, 4.69) is 25.9 Å². The van der Waals surface area contributed by atoms with E-state index in [1.165, 1.54) is 24.7 Å². The Bertz CT molecular complexity index is 1230. The molecule has 0 bridgehead atoms. The highest BCUT2D eigenvalue weighted by Crippen LogP contribution is 2.12. The second kappa shape index (κ2) is 15.1. The summed E-state index contributed by atoms with van der Waals surface area (Å²) in [6.45, 7) is 3.87. The number of phenols is 1. The molecule has 3 aromatic rings. The number of imidazole rings is 1. The molecule has 0 spiro atoms. The molecule has 40 heavy (non-hydrogen) atoms. The van der Waals surface area contributed by atoms with Gasteiger partial charge in [0.2, 0.25) is 11.8 Å². The van der Waals surface area contributed by atoms with Crippen molar-refractivity contribution in [3.8, 4) is 5.75 Å². The van der Waals surface area contributed by atoms with Gasteiger partial charge in [0.15, 0.2) is 0 Å². The van der Waals surface area contributed by atoms with Gasteiger partial charge in [-0.05, 0) is 35.6 Å². The zero-order chi connectivity index (χ0) is 28.9. The van der Waals surface area contributed by atoms with E-state index in [0.29, 0.717) is 24.0 Å². The van der Waals surface area contributed by atoms with Gasteiger partial charge in [0, 0.05) is 24.7 Å². The van der Waals surface area contributed by atoms with Crippen LogP contribution >= 0.6 is 0 Å². The first kappa shape index (κ1) is 29.9. The maximum atomic E-state index is 13.5. The summed E-state index contributed by atoms with van der Waals surface area (Å²) >= 11 is 0. The molecule has 0 aliphatic carbocycles. The van der Waals surface area contributed by atoms with Crippen molar-refractivity contribution in [3.05, 3.63) is 83.9 Å². The van der Waals surface area contributed by atoms with Crippen molar-refractivity contribution in [2.75, 3.05) is 0 Å². The SMILES string of the molecule is CC(C)C[C@@H](C=O)NC(=O)[C@H](Cc1cnc[nH]1)NC(=O)[C@H](Cc1ccc(O)cc1)NC(=O)OCc1ccccc1. The summed E-state index contributed by atoms with van der Waals surface area (Å²) in [5, 5.41) is 17.6. The van der Waals surface area contributed by atoms with Crippen LogP contribution in [0.3, 0.4) is 0 Å². The van der Waals surface area contributed by atoms with E-state index < -0.39 is 36.0 Å². The van der Waals surface area contributed by atoms with E-state index in [1.807, 2.05) is 32.0 Å². The molecule has 1 heterocycles. The molecule has 3 amide bonds. The lowest BCUT2D eigenvalue weighted by Gasteiger charge is -2.24. The summed E-state index contributed by atoms with van der Waals surface area (Å²) in [5.74, 6) is -0.953. The monoisotopic (exact) mass is 549 g/mol. The average Bonchev–Trinajstić information content (AvgIpc) is 3.45. The number of phenolic OH excluding ortho intramolecular Hbond substituents is 1. The van der Waals surface area contributed by atoms with Crippen LogP contribution in [0.4, 0.5) is 4.79 Å². The Morgan fingerprint density at radius 2 is 1.60 bits per heavy atom. The van der Waals surface area contributed by atoms with Crippen molar-refractivity contribution < 1.29 is 29.0 Å². The van der Waals surface area contributed by atoms with E-state index in [-0.39, 0.29) is 31.1 Å². The number of aromatic amines is 1. The van der Waals surface area contributed by atoms with E-state index in [9.17, 15) is 24.3 Å². The summed E-state index contributed by atoms with van der Waals surface area (Å²) in [7, 11) is 0. The highest BCUT2D eigenvalue weighted by Gasteiger charge is 2.29. The fourth-order valence-electron chi connectivity index (χ4n) is 4.02. The van der Waals surface area contributed by atoms with Gasteiger partial charge < -0.3 is 35.6 Å². The zero-order valence-corrected chi connectivity index (χ0v) is 22.5. The van der Waals surface area contributed by atoms with Crippen molar-refractivity contribution in [2.45, 2.75) is 57.8 Å². The number of carbonyl (C=O) groups is 4. The minimum atomic E-state index is -1.11. The number of carbonyl (C=O) groups excluding carboxylic acids is 4. The molecule has 0 aliphatic rings. The maximum absolute atomic E-state index is 13.5. The zero-order valence-electron chi connectivity index (χ0n) is 22.5. The third kappa shape index (κ3) is 9.90. The number of aromatic hydroxyl groups is 1. The largest absolute Gasteiger partial charge is 0.508 e. The smallest absolute Gasteiger partial charge is 0.408 e. The second-order valence-electron chi connectivity index (χ2n) is 9.85. The first-order valence-electron chi connectivity index (χ1n) is 13.0. The Kier molecular flexibility index (Phi) is 11.2. The van der Waals surface area contributed by atoms with Gasteiger partial charge in [-0.2, -0.15) is 0 Å². The van der Waals surface area contributed by atoms with Crippen molar-refractivity contribution >= 4 is 24.2 Å². The number of aldehydes is 1. The van der Waals surface area contributed by atoms with E-state index >= 15 is 0 Å². The Morgan fingerprint density at radius 1 is 0.925 bits per heavy atom. The third-order valence-corrected chi connectivity index (χ3v) is 6.03. The van der Waals surface area contributed by atoms with Crippen LogP contribution in [0.2, 0.25) is 0 Å². The summed E-state index contributed by atoms with van der Waals surface area (Å²) in [6.07, 6.45) is 3.44. The topological polar surface area (TPSA) is 163 Å². The number of benzene rings is 2. The molecule has 0 saturated carbocycles. The number of nitrogens with zero attached hydrogens (tertiary/aromatic N) is 1. The Morgan fingerprint density at radius 3 is 2.23 bits per heavy atom. The van der Waals surface area contributed by atoms with Crippen LogP contribution in [-0.2, 0) is 38.6 Å². The maximum Gasteiger partial charge on any atom is 0.408 e. The Balaban J connectivity index is 1.76. The number of hydrogen-bond donors (Lipinski definition) is 5. The van der Waals surface area contributed by atoms with Crippen LogP contribution in [0.5, 0.6) is 5.75 Å². The van der Waals surface area contributed by atoms with E-state index in [4.69, 9.17) is 4.74 Å². The molecule has 0 aliphatic heterocycles. The minimum absolute atomic E-state index is 0.00795. The van der Waals surface area contributed by atoms with Crippen LogP contribution < -0.4 is 16.0 Å². The normalized spacial score (nSPS) is 13.1. The molecule has 0 fully saturated rings. The Labute approximate surface area is 232 Å². The molecular weight excluding hydrogens is 514 g/mol. The third-order valence-electron chi connectivity index (χ3n) is 6.03. The lowest BCUT2D eigenvalue weighted by Crippen LogP contribution is -2.56. The lowest BCUT2D eigenvalue weighted by molar-refractivity contribution is -0.131. The number of alkyl carbamates (subject to hydrolysis) is 1. The fraction of sp³-hybridized carbons (Fsp3) is 0.345. The van der Waals surface area contributed by atoms with Crippen LogP contribution in [0, 0.1) is 5.92 Å².